The molecule has 6 heteroatoms. The summed E-state index contributed by atoms with van der Waals surface area (Å²) in [5, 5.41) is 0.618. The van der Waals surface area contributed by atoms with E-state index in [1.54, 1.807) is 26.4 Å². The van der Waals surface area contributed by atoms with Crippen LogP contribution >= 0.6 is 27.5 Å². The lowest BCUT2D eigenvalue weighted by Crippen LogP contribution is -2.34. The van der Waals surface area contributed by atoms with Gasteiger partial charge in [0, 0.05) is 23.6 Å². The highest BCUT2D eigenvalue weighted by Crippen LogP contribution is 2.33. The molecule has 26 heavy (non-hydrogen) atoms. The molecule has 0 saturated carbocycles. The molecule has 1 amide bonds. The van der Waals surface area contributed by atoms with E-state index in [0.29, 0.717) is 23.9 Å². The molecule has 2 aromatic carbocycles. The minimum absolute atomic E-state index is 0.0236. The second-order valence-corrected chi connectivity index (χ2v) is 7.25. The van der Waals surface area contributed by atoms with Gasteiger partial charge in [-0.3, -0.25) is 4.79 Å². The van der Waals surface area contributed by atoms with Gasteiger partial charge in [-0.15, -0.1) is 0 Å². The summed E-state index contributed by atoms with van der Waals surface area (Å²) in [5.41, 5.74) is 3.16. The maximum absolute atomic E-state index is 12.6. The molecule has 0 unspecified atom stereocenters. The zero-order valence-corrected chi connectivity index (χ0v) is 16.9. The number of halogens is 2. The van der Waals surface area contributed by atoms with Crippen LogP contribution in [-0.4, -0.2) is 31.6 Å². The van der Waals surface area contributed by atoms with Gasteiger partial charge in [0.25, 0.3) is 0 Å². The van der Waals surface area contributed by atoms with Crippen molar-refractivity contribution >= 4 is 39.5 Å². The smallest absolute Gasteiger partial charge is 0.246 e. The summed E-state index contributed by atoms with van der Waals surface area (Å²) in [6.45, 7) is 1.23. The summed E-state index contributed by atoms with van der Waals surface area (Å²) in [6, 6.07) is 9.53. The van der Waals surface area contributed by atoms with Crippen LogP contribution in [0.25, 0.3) is 6.08 Å². The van der Waals surface area contributed by atoms with E-state index in [1.165, 1.54) is 5.56 Å². The molecule has 4 nitrogen and oxygen atoms in total. The van der Waals surface area contributed by atoms with Crippen molar-refractivity contribution in [2.75, 3.05) is 20.8 Å². The van der Waals surface area contributed by atoms with Crippen molar-refractivity contribution in [3.05, 3.63) is 62.6 Å². The molecule has 1 aliphatic heterocycles. The molecule has 1 heterocycles. The van der Waals surface area contributed by atoms with Crippen molar-refractivity contribution in [1.29, 1.82) is 0 Å². The Hall–Kier alpha value is -1.98. The van der Waals surface area contributed by atoms with Gasteiger partial charge >= 0.3 is 0 Å². The maximum Gasteiger partial charge on any atom is 0.246 e. The molecule has 2 aromatic rings. The van der Waals surface area contributed by atoms with Crippen molar-refractivity contribution in [2.45, 2.75) is 13.0 Å². The van der Waals surface area contributed by atoms with E-state index in [-0.39, 0.29) is 5.91 Å². The Morgan fingerprint density at radius 2 is 1.85 bits per heavy atom. The molecule has 0 radical (unpaired) electrons. The Morgan fingerprint density at radius 3 is 2.50 bits per heavy atom. The highest BCUT2D eigenvalue weighted by molar-refractivity contribution is 9.10. The first-order valence-electron chi connectivity index (χ1n) is 8.17. The number of carbonyl (C=O) groups is 1. The lowest BCUT2D eigenvalue weighted by molar-refractivity contribution is -0.126. The fourth-order valence-corrected chi connectivity index (χ4v) is 3.40. The van der Waals surface area contributed by atoms with Gasteiger partial charge in [0.15, 0.2) is 11.5 Å². The van der Waals surface area contributed by atoms with Crippen molar-refractivity contribution in [2.24, 2.45) is 0 Å². The molecule has 0 saturated heterocycles. The number of methoxy groups -OCH3 is 2. The first kappa shape index (κ1) is 18.8. The topological polar surface area (TPSA) is 38.8 Å². The average Bonchev–Trinajstić information content (AvgIpc) is 2.66. The molecular weight excluding hydrogens is 418 g/mol. The summed E-state index contributed by atoms with van der Waals surface area (Å²) in [7, 11) is 3.24. The van der Waals surface area contributed by atoms with Crippen LogP contribution in [-0.2, 0) is 17.8 Å². The van der Waals surface area contributed by atoms with E-state index in [0.717, 1.165) is 27.8 Å². The standard InChI is InChI=1S/C20H19BrClNO3/c1-25-18-10-14-7-8-23(12-15(14)11-19(18)26-2)20(24)6-4-13-3-5-16(21)17(22)9-13/h3-6,9-11H,7-8,12H2,1-2H3. The van der Waals surface area contributed by atoms with Gasteiger partial charge in [-0.1, -0.05) is 17.7 Å². The van der Waals surface area contributed by atoms with E-state index >= 15 is 0 Å². The second kappa shape index (κ2) is 8.14. The fourth-order valence-electron chi connectivity index (χ4n) is 2.96. The Labute approximate surface area is 166 Å². The number of hydrogen-bond donors (Lipinski definition) is 0. The molecule has 0 spiro atoms. The molecule has 136 valence electrons. The van der Waals surface area contributed by atoms with Gasteiger partial charge in [0.1, 0.15) is 0 Å². The van der Waals surface area contributed by atoms with Crippen LogP contribution < -0.4 is 9.47 Å². The van der Waals surface area contributed by atoms with Crippen molar-refractivity contribution in [3.63, 3.8) is 0 Å². The van der Waals surface area contributed by atoms with Gasteiger partial charge in [-0.2, -0.15) is 0 Å². The Kier molecular flexibility index (Phi) is 5.89. The van der Waals surface area contributed by atoms with E-state index in [1.807, 2.05) is 35.2 Å². The third kappa shape index (κ3) is 4.05. The molecule has 3 rings (SSSR count). The van der Waals surface area contributed by atoms with Gasteiger partial charge in [0.05, 0.1) is 19.2 Å². The summed E-state index contributed by atoms with van der Waals surface area (Å²) >= 11 is 9.45. The third-order valence-electron chi connectivity index (χ3n) is 4.39. The van der Waals surface area contributed by atoms with Crippen LogP contribution in [0, 0.1) is 0 Å². The fraction of sp³-hybridized carbons (Fsp3) is 0.250. The van der Waals surface area contributed by atoms with E-state index in [9.17, 15) is 4.79 Å². The Bertz CT molecular complexity index is 866. The van der Waals surface area contributed by atoms with E-state index < -0.39 is 0 Å². The third-order valence-corrected chi connectivity index (χ3v) is 5.62. The van der Waals surface area contributed by atoms with E-state index in [4.69, 9.17) is 21.1 Å². The molecule has 0 atom stereocenters. The van der Waals surface area contributed by atoms with Crippen molar-refractivity contribution < 1.29 is 14.3 Å². The SMILES string of the molecule is COc1cc2c(cc1OC)CN(C(=O)C=Cc1ccc(Br)c(Cl)c1)CC2. The van der Waals surface area contributed by atoms with Crippen LogP contribution in [0.4, 0.5) is 0 Å². The Balaban J connectivity index is 1.74. The summed E-state index contributed by atoms with van der Waals surface area (Å²) < 4.78 is 11.5. The summed E-state index contributed by atoms with van der Waals surface area (Å²) in [4.78, 5) is 14.4. The normalized spacial score (nSPS) is 13.6. The molecule has 1 aliphatic rings. The number of benzene rings is 2. The van der Waals surface area contributed by atoms with E-state index in [2.05, 4.69) is 15.9 Å². The average molecular weight is 437 g/mol. The number of ether oxygens (including phenoxy) is 2. The lowest BCUT2D eigenvalue weighted by Gasteiger charge is -2.28. The Morgan fingerprint density at radius 1 is 1.15 bits per heavy atom. The monoisotopic (exact) mass is 435 g/mol. The summed E-state index contributed by atoms with van der Waals surface area (Å²) in [5.74, 6) is 1.38. The van der Waals surface area contributed by atoms with Crippen LogP contribution in [0.5, 0.6) is 11.5 Å². The highest BCUT2D eigenvalue weighted by Gasteiger charge is 2.21. The minimum Gasteiger partial charge on any atom is -0.493 e. The first-order chi connectivity index (χ1) is 12.5. The molecular formula is C20H19BrClNO3. The zero-order valence-electron chi connectivity index (χ0n) is 14.6. The molecule has 0 bridgehead atoms. The zero-order chi connectivity index (χ0) is 18.7. The predicted molar refractivity (Wildman–Crippen MR) is 107 cm³/mol. The first-order valence-corrected chi connectivity index (χ1v) is 9.34. The molecule has 0 aliphatic carbocycles. The number of amides is 1. The number of nitrogens with zero attached hydrogens (tertiary/aromatic N) is 1. The number of hydrogen-bond acceptors (Lipinski definition) is 3. The lowest BCUT2D eigenvalue weighted by atomic mass is 9.98. The molecule has 0 N–H and O–H groups in total. The predicted octanol–water partition coefficient (Wildman–Crippen LogP) is 4.72. The number of rotatable bonds is 4. The number of carbonyl (C=O) groups excluding carboxylic acids is 1. The highest BCUT2D eigenvalue weighted by atomic mass is 79.9. The van der Waals surface area contributed by atoms with Crippen molar-refractivity contribution in [1.82, 2.24) is 4.90 Å². The maximum atomic E-state index is 12.6. The van der Waals surface area contributed by atoms with Gasteiger partial charge in [0.2, 0.25) is 5.91 Å². The molecule has 0 aromatic heterocycles. The minimum atomic E-state index is -0.0236. The van der Waals surface area contributed by atoms with Crippen molar-refractivity contribution in [3.8, 4) is 11.5 Å². The van der Waals surface area contributed by atoms with Gasteiger partial charge in [-0.05, 0) is 69.4 Å². The second-order valence-electron chi connectivity index (χ2n) is 5.99. The van der Waals surface area contributed by atoms with Crippen LogP contribution in [0.1, 0.15) is 16.7 Å². The quantitative estimate of drug-likeness (QED) is 0.651. The van der Waals surface area contributed by atoms with Gasteiger partial charge < -0.3 is 14.4 Å². The van der Waals surface area contributed by atoms with Crippen LogP contribution in [0.2, 0.25) is 5.02 Å². The van der Waals surface area contributed by atoms with Crippen LogP contribution in [0.3, 0.4) is 0 Å². The van der Waals surface area contributed by atoms with Crippen LogP contribution in [0.15, 0.2) is 40.9 Å². The van der Waals surface area contributed by atoms with Gasteiger partial charge in [-0.25, -0.2) is 0 Å². The number of fused-ring (bicyclic) bond motifs is 1. The summed E-state index contributed by atoms with van der Waals surface area (Å²) in [6.07, 6.45) is 4.16. The largest absolute Gasteiger partial charge is 0.493 e. The molecule has 0 fully saturated rings.